The van der Waals surface area contributed by atoms with Gasteiger partial charge in [0.25, 0.3) is 0 Å². The molecule has 15 heavy (non-hydrogen) atoms. The summed E-state index contributed by atoms with van der Waals surface area (Å²) < 4.78 is 13.1. The highest BCUT2D eigenvalue weighted by molar-refractivity contribution is 9.10. The van der Waals surface area contributed by atoms with Crippen LogP contribution in [0.1, 0.15) is 0 Å². The van der Waals surface area contributed by atoms with E-state index in [4.69, 9.17) is 0 Å². The third-order valence-electron chi connectivity index (χ3n) is 2.03. The van der Waals surface area contributed by atoms with Gasteiger partial charge in [-0.15, -0.1) is 0 Å². The summed E-state index contributed by atoms with van der Waals surface area (Å²) in [5.74, 6) is 0. The average molecular weight is 280 g/mol. The van der Waals surface area contributed by atoms with E-state index in [-0.39, 0.29) is 0 Å². The van der Waals surface area contributed by atoms with Crippen molar-refractivity contribution in [3.8, 4) is 0 Å². The molecule has 1 atom stereocenters. The fourth-order valence-corrected chi connectivity index (χ4v) is 3.11. The first-order chi connectivity index (χ1) is 7.27. The summed E-state index contributed by atoms with van der Waals surface area (Å²) in [6, 6.07) is 17.1. The van der Waals surface area contributed by atoms with Gasteiger partial charge in [-0.25, -0.2) is 0 Å². The first-order valence-electron chi connectivity index (χ1n) is 4.55. The predicted molar refractivity (Wildman–Crippen MR) is 67.5 cm³/mol. The molecule has 0 fully saturated rings. The second-order valence-electron chi connectivity index (χ2n) is 3.11. The minimum atomic E-state index is -1.47. The van der Waals surface area contributed by atoms with Crippen LogP contribution in [0.25, 0.3) is 0 Å². The predicted octanol–water partition coefficient (Wildman–Crippen LogP) is 3.23. The van der Waals surface area contributed by atoms with Gasteiger partial charge in [-0.3, -0.25) is 0 Å². The zero-order chi connectivity index (χ0) is 10.7. The highest BCUT2D eigenvalue weighted by Gasteiger charge is 2.22. The Labute approximate surface area is 98.1 Å². The van der Waals surface area contributed by atoms with Crippen molar-refractivity contribution in [1.82, 2.24) is 0 Å². The molecule has 2 rings (SSSR count). The van der Waals surface area contributed by atoms with Gasteiger partial charge in [-0.1, -0.05) is 44.8 Å². The van der Waals surface area contributed by atoms with Gasteiger partial charge in [-0.05, 0) is 24.3 Å². The Balaban J connectivity index is 2.37. The fraction of sp³-hybridized carbons (Fsp3) is 0. The highest BCUT2D eigenvalue weighted by Crippen LogP contribution is 2.20. The van der Waals surface area contributed by atoms with Crippen molar-refractivity contribution in [3.05, 3.63) is 59.1 Å². The quantitative estimate of drug-likeness (QED) is 0.772. The van der Waals surface area contributed by atoms with E-state index in [1.54, 1.807) is 0 Å². The minimum Gasteiger partial charge on any atom is -0.0619 e. The van der Waals surface area contributed by atoms with E-state index in [2.05, 4.69) is 15.9 Å². The molecule has 0 aliphatic carbocycles. The molecule has 0 N–H and O–H groups in total. The van der Waals surface area contributed by atoms with Crippen LogP contribution in [0.4, 0.5) is 0 Å². The van der Waals surface area contributed by atoms with E-state index in [0.29, 0.717) is 0 Å². The summed E-state index contributed by atoms with van der Waals surface area (Å²) in [6.45, 7) is 0. The number of hydrogen-bond donors (Lipinski definition) is 0. The molecule has 2 aromatic rings. The van der Waals surface area contributed by atoms with Crippen LogP contribution < -0.4 is 10.6 Å². The van der Waals surface area contributed by atoms with Crippen molar-refractivity contribution in [2.24, 2.45) is 0 Å². The van der Waals surface area contributed by atoms with E-state index >= 15 is 0 Å². The van der Waals surface area contributed by atoms with Crippen molar-refractivity contribution in [2.75, 3.05) is 0 Å². The number of halogens is 1. The lowest BCUT2D eigenvalue weighted by molar-refractivity contribution is 0.598. The van der Waals surface area contributed by atoms with Gasteiger partial charge < -0.3 is 0 Å². The number of benzene rings is 2. The van der Waals surface area contributed by atoms with E-state index in [1.165, 1.54) is 0 Å². The minimum absolute atomic E-state index is 0.852. The van der Waals surface area contributed by atoms with Gasteiger partial charge in [0.05, 0.1) is 0 Å². The summed E-state index contributed by atoms with van der Waals surface area (Å²) in [5.41, 5.74) is 0. The van der Waals surface area contributed by atoms with Crippen LogP contribution in [0, 0.1) is 0 Å². The second kappa shape index (κ2) is 4.69. The van der Waals surface area contributed by atoms with Crippen LogP contribution in [-0.2, 0) is 4.57 Å². The van der Waals surface area contributed by atoms with Crippen LogP contribution in [0.2, 0.25) is 0 Å². The third-order valence-corrected chi connectivity index (χ3v) is 4.04. The van der Waals surface area contributed by atoms with Crippen LogP contribution in [0.3, 0.4) is 0 Å². The molecule has 0 saturated carbocycles. The Morgan fingerprint density at radius 2 is 1.53 bits per heavy atom. The van der Waals surface area contributed by atoms with Gasteiger partial charge in [0.2, 0.25) is 0 Å². The Morgan fingerprint density at radius 3 is 2.20 bits per heavy atom. The first kappa shape index (κ1) is 10.5. The average Bonchev–Trinajstić information content (AvgIpc) is 2.29. The van der Waals surface area contributed by atoms with Gasteiger partial charge in [0.15, 0.2) is 10.6 Å². The van der Waals surface area contributed by atoms with Crippen LogP contribution in [0.5, 0.6) is 0 Å². The van der Waals surface area contributed by atoms with Crippen molar-refractivity contribution in [3.63, 3.8) is 0 Å². The smallest absolute Gasteiger partial charge is 0.0619 e. The highest BCUT2D eigenvalue weighted by atomic mass is 79.9. The standard InChI is InChI=1S/C12H9BrOP/c13-10-5-4-8-12(9-10)15(14)11-6-2-1-3-7-11/h1-9H/q+1. The summed E-state index contributed by atoms with van der Waals surface area (Å²) >= 11 is 3.37. The number of rotatable bonds is 2. The van der Waals surface area contributed by atoms with E-state index in [9.17, 15) is 4.57 Å². The van der Waals surface area contributed by atoms with Gasteiger partial charge in [0.1, 0.15) is 0 Å². The molecule has 0 aliphatic heterocycles. The molecule has 0 saturated heterocycles. The zero-order valence-corrected chi connectivity index (χ0v) is 10.4. The topological polar surface area (TPSA) is 17.1 Å². The molecule has 0 bridgehead atoms. The molecule has 0 heterocycles. The molecule has 0 aromatic heterocycles. The normalized spacial score (nSPS) is 11.1. The monoisotopic (exact) mass is 279 g/mol. The van der Waals surface area contributed by atoms with Gasteiger partial charge >= 0.3 is 7.80 Å². The Morgan fingerprint density at radius 1 is 0.867 bits per heavy atom. The first-order valence-corrected chi connectivity index (χ1v) is 6.60. The van der Waals surface area contributed by atoms with Gasteiger partial charge in [0, 0.05) is 10.5 Å². The third kappa shape index (κ3) is 2.53. The van der Waals surface area contributed by atoms with E-state index in [1.807, 2.05) is 54.6 Å². The lowest BCUT2D eigenvalue weighted by Gasteiger charge is -1.90. The van der Waals surface area contributed by atoms with Crippen molar-refractivity contribution < 1.29 is 4.57 Å². The molecule has 0 amide bonds. The molecule has 3 heteroatoms. The molecule has 74 valence electrons. The van der Waals surface area contributed by atoms with Crippen LogP contribution in [-0.4, -0.2) is 0 Å². The largest absolute Gasteiger partial charge is 0.415 e. The fourth-order valence-electron chi connectivity index (χ4n) is 1.31. The SMILES string of the molecule is O=[P+](c1ccccc1)c1cccc(Br)c1. The maximum Gasteiger partial charge on any atom is 0.415 e. The second-order valence-corrected chi connectivity index (χ2v) is 5.65. The Hall–Kier alpha value is -0.980. The summed E-state index contributed by atoms with van der Waals surface area (Å²) in [7, 11) is -1.47. The maximum absolute atomic E-state index is 12.1. The maximum atomic E-state index is 12.1. The Bertz CT molecular complexity index is 482. The Kier molecular flexibility index (Phi) is 3.30. The molecule has 0 aliphatic rings. The van der Waals surface area contributed by atoms with Gasteiger partial charge in [-0.2, -0.15) is 0 Å². The molecular formula is C12H9BrOP+. The molecule has 0 spiro atoms. The van der Waals surface area contributed by atoms with Crippen molar-refractivity contribution in [1.29, 1.82) is 0 Å². The molecule has 1 unspecified atom stereocenters. The summed E-state index contributed by atoms with van der Waals surface area (Å²) in [5, 5.41) is 1.72. The van der Waals surface area contributed by atoms with E-state index < -0.39 is 7.80 Å². The lowest BCUT2D eigenvalue weighted by Crippen LogP contribution is -2.05. The zero-order valence-electron chi connectivity index (χ0n) is 7.93. The van der Waals surface area contributed by atoms with Crippen LogP contribution >= 0.6 is 23.7 Å². The van der Waals surface area contributed by atoms with Crippen molar-refractivity contribution in [2.45, 2.75) is 0 Å². The van der Waals surface area contributed by atoms with Crippen LogP contribution in [0.15, 0.2) is 59.1 Å². The van der Waals surface area contributed by atoms with E-state index in [0.717, 1.165) is 15.1 Å². The molecule has 2 aromatic carbocycles. The summed E-state index contributed by atoms with van der Waals surface area (Å²) in [4.78, 5) is 0. The molecule has 0 radical (unpaired) electrons. The molecular weight excluding hydrogens is 271 g/mol. The lowest BCUT2D eigenvalue weighted by atomic mass is 10.4. The molecule has 1 nitrogen and oxygen atoms in total. The van der Waals surface area contributed by atoms with Crippen molar-refractivity contribution >= 4 is 34.3 Å². The summed E-state index contributed by atoms with van der Waals surface area (Å²) in [6.07, 6.45) is 0. The number of hydrogen-bond acceptors (Lipinski definition) is 1.